The monoisotopic (exact) mass is 298 g/mol. The van der Waals surface area contributed by atoms with Gasteiger partial charge in [-0.2, -0.15) is 5.10 Å². The lowest BCUT2D eigenvalue weighted by molar-refractivity contribution is 0.0951. The number of amides is 1. The average Bonchev–Trinajstić information content (AvgIpc) is 2.67. The van der Waals surface area contributed by atoms with E-state index in [9.17, 15) is 4.79 Å². The first-order chi connectivity index (χ1) is 9.00. The van der Waals surface area contributed by atoms with E-state index in [-0.39, 0.29) is 18.0 Å². The first kappa shape index (κ1) is 13.7. The quantitative estimate of drug-likeness (QED) is 0.913. The molecule has 1 aromatic heterocycles. The van der Waals surface area contributed by atoms with Crippen LogP contribution in [-0.2, 0) is 13.6 Å². The van der Waals surface area contributed by atoms with Crippen LogP contribution in [0.1, 0.15) is 15.9 Å². The van der Waals surface area contributed by atoms with Crippen molar-refractivity contribution in [1.29, 1.82) is 0 Å². The molecule has 1 heterocycles. The van der Waals surface area contributed by atoms with Crippen LogP contribution in [0.3, 0.4) is 0 Å². The van der Waals surface area contributed by atoms with Gasteiger partial charge in [-0.3, -0.25) is 9.48 Å². The second-order valence-corrected chi connectivity index (χ2v) is 4.77. The molecule has 1 aromatic carbocycles. The van der Waals surface area contributed by atoms with Crippen LogP contribution in [0.4, 0.5) is 5.82 Å². The number of anilines is 1. The minimum absolute atomic E-state index is 0.258. The van der Waals surface area contributed by atoms with Crippen molar-refractivity contribution < 1.29 is 4.79 Å². The van der Waals surface area contributed by atoms with E-state index in [0.29, 0.717) is 15.9 Å². The average molecular weight is 299 g/mol. The molecule has 0 fully saturated rings. The topological polar surface area (TPSA) is 72.9 Å². The normalized spacial score (nSPS) is 10.5. The third-order valence-electron chi connectivity index (χ3n) is 2.69. The van der Waals surface area contributed by atoms with E-state index in [1.54, 1.807) is 31.4 Å². The summed E-state index contributed by atoms with van der Waals surface area (Å²) >= 11 is 11.9. The number of aryl methyl sites for hydroxylation is 1. The minimum atomic E-state index is -0.348. The molecular formula is C12H12Cl2N4O. The predicted molar refractivity (Wildman–Crippen MR) is 75.3 cm³/mol. The maximum atomic E-state index is 12.0. The van der Waals surface area contributed by atoms with Crippen LogP contribution < -0.4 is 11.1 Å². The van der Waals surface area contributed by atoms with Gasteiger partial charge in [-0.1, -0.05) is 29.3 Å². The highest BCUT2D eigenvalue weighted by atomic mass is 35.5. The molecule has 19 heavy (non-hydrogen) atoms. The van der Waals surface area contributed by atoms with Crippen LogP contribution in [-0.4, -0.2) is 15.7 Å². The van der Waals surface area contributed by atoms with E-state index in [2.05, 4.69) is 10.4 Å². The van der Waals surface area contributed by atoms with Crippen molar-refractivity contribution in [3.63, 3.8) is 0 Å². The van der Waals surface area contributed by atoms with Gasteiger partial charge in [0.25, 0.3) is 5.91 Å². The number of aromatic nitrogens is 2. The summed E-state index contributed by atoms with van der Waals surface area (Å²) in [6, 6.07) is 4.90. The number of nitrogens with one attached hydrogen (secondary N) is 1. The smallest absolute Gasteiger partial charge is 0.254 e. The Balaban J connectivity index is 2.12. The molecule has 0 aliphatic carbocycles. The summed E-state index contributed by atoms with van der Waals surface area (Å²) in [5.74, 6) is 0.157. The van der Waals surface area contributed by atoms with Gasteiger partial charge in [0.2, 0.25) is 0 Å². The van der Waals surface area contributed by atoms with Gasteiger partial charge in [-0.15, -0.1) is 0 Å². The fourth-order valence-corrected chi connectivity index (χ4v) is 2.18. The van der Waals surface area contributed by atoms with Crippen molar-refractivity contribution in [1.82, 2.24) is 15.1 Å². The zero-order valence-corrected chi connectivity index (χ0v) is 11.7. The molecule has 0 aliphatic heterocycles. The van der Waals surface area contributed by atoms with Crippen molar-refractivity contribution in [2.45, 2.75) is 6.54 Å². The standard InChI is InChI=1S/C12H12Cl2N4O/c1-18-11(15)7(6-17-18)5-16-12(19)10-8(13)3-2-4-9(10)14/h2-4,6H,5,15H2,1H3,(H,16,19). The van der Waals surface area contributed by atoms with Crippen LogP contribution in [0, 0.1) is 0 Å². The van der Waals surface area contributed by atoms with E-state index < -0.39 is 0 Å². The van der Waals surface area contributed by atoms with Gasteiger partial charge in [0, 0.05) is 19.2 Å². The lowest BCUT2D eigenvalue weighted by Crippen LogP contribution is -2.23. The molecule has 7 heteroatoms. The number of carbonyl (C=O) groups excluding carboxylic acids is 1. The van der Waals surface area contributed by atoms with Crippen LogP contribution in [0.15, 0.2) is 24.4 Å². The van der Waals surface area contributed by atoms with Gasteiger partial charge in [0.1, 0.15) is 5.82 Å². The number of benzene rings is 1. The van der Waals surface area contributed by atoms with Gasteiger partial charge in [-0.05, 0) is 12.1 Å². The van der Waals surface area contributed by atoms with Gasteiger partial charge < -0.3 is 11.1 Å². The van der Waals surface area contributed by atoms with E-state index in [1.165, 1.54) is 4.68 Å². The van der Waals surface area contributed by atoms with E-state index in [1.807, 2.05) is 0 Å². The Labute approximate surface area is 120 Å². The number of hydrogen-bond donors (Lipinski definition) is 2. The fraction of sp³-hybridized carbons (Fsp3) is 0.167. The third-order valence-corrected chi connectivity index (χ3v) is 3.32. The number of hydrogen-bond acceptors (Lipinski definition) is 3. The minimum Gasteiger partial charge on any atom is -0.384 e. The maximum Gasteiger partial charge on any atom is 0.254 e. The number of carbonyl (C=O) groups is 1. The summed E-state index contributed by atoms with van der Waals surface area (Å²) in [5.41, 5.74) is 6.78. The molecule has 0 bridgehead atoms. The Bertz CT molecular complexity index is 604. The van der Waals surface area contributed by atoms with Crippen LogP contribution >= 0.6 is 23.2 Å². The molecular weight excluding hydrogens is 287 g/mol. The lowest BCUT2D eigenvalue weighted by Gasteiger charge is -2.08. The van der Waals surface area contributed by atoms with Gasteiger partial charge in [-0.25, -0.2) is 0 Å². The summed E-state index contributed by atoms with van der Waals surface area (Å²) in [5, 5.41) is 7.32. The number of halogens is 2. The van der Waals surface area contributed by atoms with E-state index in [4.69, 9.17) is 28.9 Å². The molecule has 3 N–H and O–H groups in total. The maximum absolute atomic E-state index is 12.0. The first-order valence-corrected chi connectivity index (χ1v) is 6.25. The molecule has 0 saturated heterocycles. The molecule has 0 atom stereocenters. The Morgan fingerprint density at radius 3 is 2.58 bits per heavy atom. The Morgan fingerprint density at radius 1 is 1.42 bits per heavy atom. The summed E-state index contributed by atoms with van der Waals surface area (Å²) in [7, 11) is 1.73. The zero-order chi connectivity index (χ0) is 14.0. The Kier molecular flexibility index (Phi) is 3.97. The number of nitrogens with zero attached hydrogens (tertiary/aromatic N) is 2. The predicted octanol–water partition coefficient (Wildman–Crippen LogP) is 2.24. The highest BCUT2D eigenvalue weighted by molar-refractivity contribution is 6.39. The van der Waals surface area contributed by atoms with Crippen LogP contribution in [0.2, 0.25) is 10.0 Å². The Morgan fingerprint density at radius 2 is 2.05 bits per heavy atom. The number of nitrogen functional groups attached to an aromatic ring is 1. The summed E-state index contributed by atoms with van der Waals surface area (Å²) in [4.78, 5) is 12.0. The molecule has 2 rings (SSSR count). The largest absolute Gasteiger partial charge is 0.384 e. The molecule has 0 unspecified atom stereocenters. The number of nitrogens with two attached hydrogens (primary N) is 1. The first-order valence-electron chi connectivity index (χ1n) is 5.49. The molecule has 5 nitrogen and oxygen atoms in total. The van der Waals surface area contributed by atoms with Crippen molar-refractivity contribution in [3.8, 4) is 0 Å². The lowest BCUT2D eigenvalue weighted by atomic mass is 10.2. The van der Waals surface area contributed by atoms with Gasteiger partial charge in [0.15, 0.2) is 0 Å². The van der Waals surface area contributed by atoms with Crippen molar-refractivity contribution in [3.05, 3.63) is 45.6 Å². The summed E-state index contributed by atoms with van der Waals surface area (Å²) in [6.07, 6.45) is 1.60. The molecule has 2 aromatic rings. The number of rotatable bonds is 3. The van der Waals surface area contributed by atoms with Gasteiger partial charge in [0.05, 0.1) is 21.8 Å². The molecule has 0 saturated carbocycles. The highest BCUT2D eigenvalue weighted by Gasteiger charge is 2.15. The molecule has 0 spiro atoms. The summed E-state index contributed by atoms with van der Waals surface area (Å²) in [6.45, 7) is 0.264. The van der Waals surface area contributed by atoms with Crippen LogP contribution in [0.25, 0.3) is 0 Å². The molecule has 1 amide bonds. The highest BCUT2D eigenvalue weighted by Crippen LogP contribution is 2.24. The molecule has 0 radical (unpaired) electrons. The van der Waals surface area contributed by atoms with Crippen molar-refractivity contribution in [2.24, 2.45) is 7.05 Å². The second-order valence-electron chi connectivity index (χ2n) is 3.96. The van der Waals surface area contributed by atoms with Crippen LogP contribution in [0.5, 0.6) is 0 Å². The second kappa shape index (κ2) is 5.50. The van der Waals surface area contributed by atoms with Crippen molar-refractivity contribution >= 4 is 34.9 Å². The molecule has 100 valence electrons. The van der Waals surface area contributed by atoms with E-state index in [0.717, 1.165) is 5.56 Å². The third kappa shape index (κ3) is 2.83. The SMILES string of the molecule is Cn1ncc(CNC(=O)c2c(Cl)cccc2Cl)c1N. The van der Waals surface area contributed by atoms with Gasteiger partial charge >= 0.3 is 0 Å². The van der Waals surface area contributed by atoms with Crippen molar-refractivity contribution in [2.75, 3.05) is 5.73 Å². The molecule has 0 aliphatic rings. The fourth-order valence-electron chi connectivity index (χ4n) is 1.61. The zero-order valence-electron chi connectivity index (χ0n) is 10.2. The summed E-state index contributed by atoms with van der Waals surface area (Å²) < 4.78 is 1.53. The van der Waals surface area contributed by atoms with E-state index >= 15 is 0 Å². The Hall–Kier alpha value is -1.72.